The number of carbonyl (C=O) groups excluding carboxylic acids is 2. The van der Waals surface area contributed by atoms with Gasteiger partial charge in [0, 0.05) is 13.2 Å². The summed E-state index contributed by atoms with van der Waals surface area (Å²) >= 11 is 0. The Morgan fingerprint density at radius 2 is 1.13 bits per heavy atom. The maximum Gasteiger partial charge on any atom is 0.332 e. The fourth-order valence-corrected chi connectivity index (χ4v) is 1.26. The van der Waals surface area contributed by atoms with Crippen LogP contribution in [0.15, 0.2) is 0 Å². The van der Waals surface area contributed by atoms with Crippen LogP contribution < -0.4 is 0 Å². The Morgan fingerprint density at radius 1 is 0.652 bits per heavy atom. The molecule has 0 N–H and O–H groups in total. The lowest BCUT2D eigenvalue weighted by Gasteiger charge is -2.03. The molecule has 0 radical (unpaired) electrons. The molecule has 0 spiro atoms. The molecule has 0 heterocycles. The van der Waals surface area contributed by atoms with Crippen molar-refractivity contribution in [1.29, 1.82) is 0 Å². The minimum Gasteiger partial charge on any atom is -0.464 e. The molecule has 0 unspecified atom stereocenters. The van der Waals surface area contributed by atoms with E-state index in [1.807, 2.05) is 6.92 Å². The first-order chi connectivity index (χ1) is 11.1. The molecule has 0 atom stereocenters. The summed E-state index contributed by atoms with van der Waals surface area (Å²) in [6.07, 6.45) is 5.04. The first-order valence-electron chi connectivity index (χ1n) is 8.58. The van der Waals surface area contributed by atoms with Gasteiger partial charge in [-0.3, -0.25) is 0 Å². The van der Waals surface area contributed by atoms with Gasteiger partial charge in [-0.15, -0.1) is 0 Å². The van der Waals surface area contributed by atoms with Crippen LogP contribution in [0, 0.1) is 0 Å². The van der Waals surface area contributed by atoms with Crippen molar-refractivity contribution in [2.45, 2.75) is 59.8 Å². The first-order valence-corrected chi connectivity index (χ1v) is 8.58. The zero-order valence-corrected chi connectivity index (χ0v) is 15.2. The highest BCUT2D eigenvalue weighted by Crippen LogP contribution is 1.90. The van der Waals surface area contributed by atoms with Gasteiger partial charge in [-0.25, -0.2) is 9.59 Å². The van der Waals surface area contributed by atoms with Gasteiger partial charge in [-0.2, -0.15) is 0 Å². The average Bonchev–Trinajstić information content (AvgIpc) is 2.54. The number of hydrogen-bond donors (Lipinski definition) is 0. The van der Waals surface area contributed by atoms with E-state index in [1.54, 1.807) is 6.92 Å². The molecule has 0 aliphatic rings. The van der Waals surface area contributed by atoms with Crippen LogP contribution in [0.5, 0.6) is 0 Å². The fourth-order valence-electron chi connectivity index (χ4n) is 1.26. The van der Waals surface area contributed by atoms with Crippen molar-refractivity contribution in [2.75, 3.05) is 39.6 Å². The molecule has 138 valence electrons. The van der Waals surface area contributed by atoms with E-state index in [0.717, 1.165) is 32.1 Å². The van der Waals surface area contributed by atoms with Gasteiger partial charge in [0.2, 0.25) is 0 Å². The number of rotatable bonds is 13. The third kappa shape index (κ3) is 23.3. The van der Waals surface area contributed by atoms with E-state index < -0.39 is 0 Å². The van der Waals surface area contributed by atoms with Gasteiger partial charge < -0.3 is 18.9 Å². The molecule has 0 saturated heterocycles. The summed E-state index contributed by atoms with van der Waals surface area (Å²) in [5.74, 6) is -0.531. The highest BCUT2D eigenvalue weighted by Gasteiger charge is 2.00. The predicted molar refractivity (Wildman–Crippen MR) is 89.3 cm³/mol. The SMILES string of the molecule is CCCCOCC(=O)OCC.CCCCOCC(=O)OCCC. The van der Waals surface area contributed by atoms with Gasteiger partial charge in [0.1, 0.15) is 13.2 Å². The quantitative estimate of drug-likeness (QED) is 0.381. The maximum absolute atomic E-state index is 10.8. The van der Waals surface area contributed by atoms with Crippen LogP contribution >= 0.6 is 0 Å². The molecule has 0 amide bonds. The number of esters is 2. The summed E-state index contributed by atoms with van der Waals surface area (Å²) in [4.78, 5) is 21.5. The van der Waals surface area contributed by atoms with Crippen LogP contribution in [-0.4, -0.2) is 51.6 Å². The Bertz CT molecular complexity index is 268. The van der Waals surface area contributed by atoms with Crippen molar-refractivity contribution < 1.29 is 28.5 Å². The zero-order valence-electron chi connectivity index (χ0n) is 15.2. The molecule has 6 heteroatoms. The van der Waals surface area contributed by atoms with Crippen LogP contribution in [-0.2, 0) is 28.5 Å². The van der Waals surface area contributed by atoms with E-state index in [9.17, 15) is 9.59 Å². The maximum atomic E-state index is 10.8. The average molecular weight is 334 g/mol. The molecule has 0 rings (SSSR count). The largest absolute Gasteiger partial charge is 0.464 e. The van der Waals surface area contributed by atoms with Gasteiger partial charge in [-0.05, 0) is 26.2 Å². The van der Waals surface area contributed by atoms with Gasteiger partial charge in [-0.1, -0.05) is 33.6 Å². The van der Waals surface area contributed by atoms with Crippen LogP contribution in [0.25, 0.3) is 0 Å². The molecule has 0 fully saturated rings. The lowest BCUT2D eigenvalue weighted by Crippen LogP contribution is -2.13. The molecular formula is C17H34O6. The smallest absolute Gasteiger partial charge is 0.332 e. The summed E-state index contributed by atoms with van der Waals surface area (Å²) in [5, 5.41) is 0. The van der Waals surface area contributed by atoms with E-state index in [0.29, 0.717) is 26.4 Å². The monoisotopic (exact) mass is 334 g/mol. The molecule has 0 saturated carbocycles. The predicted octanol–water partition coefficient (Wildman–Crippen LogP) is 3.12. The number of hydrogen-bond acceptors (Lipinski definition) is 6. The topological polar surface area (TPSA) is 71.1 Å². The first kappa shape index (κ1) is 24.1. The van der Waals surface area contributed by atoms with Gasteiger partial charge >= 0.3 is 11.9 Å². The van der Waals surface area contributed by atoms with E-state index in [4.69, 9.17) is 14.2 Å². The lowest BCUT2D eigenvalue weighted by molar-refractivity contribution is -0.149. The molecule has 0 aliphatic carbocycles. The third-order valence-electron chi connectivity index (χ3n) is 2.50. The van der Waals surface area contributed by atoms with E-state index in [-0.39, 0.29) is 25.2 Å². The van der Waals surface area contributed by atoms with Crippen LogP contribution in [0.2, 0.25) is 0 Å². The molecule has 0 aliphatic heterocycles. The Morgan fingerprint density at radius 3 is 1.52 bits per heavy atom. The molecule has 0 bridgehead atoms. The highest BCUT2D eigenvalue weighted by atomic mass is 16.6. The molecule has 6 nitrogen and oxygen atoms in total. The third-order valence-corrected chi connectivity index (χ3v) is 2.50. The van der Waals surface area contributed by atoms with Crippen molar-refractivity contribution in [1.82, 2.24) is 0 Å². The molecule has 0 aromatic heterocycles. The lowest BCUT2D eigenvalue weighted by atomic mass is 10.4. The molecule has 0 aromatic rings. The minimum atomic E-state index is -0.274. The van der Waals surface area contributed by atoms with Crippen LogP contribution in [0.4, 0.5) is 0 Å². The van der Waals surface area contributed by atoms with Crippen molar-refractivity contribution in [3.05, 3.63) is 0 Å². The van der Waals surface area contributed by atoms with Crippen molar-refractivity contribution in [3.8, 4) is 0 Å². The van der Waals surface area contributed by atoms with E-state index in [2.05, 4.69) is 18.6 Å². The normalized spacial score (nSPS) is 9.74. The Kier molecular flexibility index (Phi) is 21.9. The second-order valence-corrected chi connectivity index (χ2v) is 4.84. The number of ether oxygens (including phenoxy) is 4. The Labute approximate surface area is 140 Å². The molecular weight excluding hydrogens is 300 g/mol. The van der Waals surface area contributed by atoms with E-state index >= 15 is 0 Å². The number of unbranched alkanes of at least 4 members (excludes halogenated alkanes) is 2. The molecule has 0 aromatic carbocycles. The van der Waals surface area contributed by atoms with Gasteiger partial charge in [0.25, 0.3) is 0 Å². The fraction of sp³-hybridized carbons (Fsp3) is 0.882. The van der Waals surface area contributed by atoms with Gasteiger partial charge in [0.15, 0.2) is 0 Å². The van der Waals surface area contributed by atoms with E-state index in [1.165, 1.54) is 0 Å². The number of carbonyl (C=O) groups is 2. The second kappa shape index (κ2) is 20.9. The zero-order chi connectivity index (χ0) is 17.8. The van der Waals surface area contributed by atoms with Crippen molar-refractivity contribution >= 4 is 11.9 Å². The summed E-state index contributed by atoms with van der Waals surface area (Å²) in [6, 6.07) is 0. The van der Waals surface area contributed by atoms with Gasteiger partial charge in [0.05, 0.1) is 13.2 Å². The second-order valence-electron chi connectivity index (χ2n) is 4.84. The summed E-state index contributed by atoms with van der Waals surface area (Å²) in [6.45, 7) is 10.3. The molecule has 23 heavy (non-hydrogen) atoms. The summed E-state index contributed by atoms with van der Waals surface area (Å²) < 4.78 is 19.5. The highest BCUT2D eigenvalue weighted by molar-refractivity contribution is 5.70. The minimum absolute atomic E-state index is 0.0911. The van der Waals surface area contributed by atoms with Crippen LogP contribution in [0.3, 0.4) is 0 Å². The summed E-state index contributed by atoms with van der Waals surface area (Å²) in [7, 11) is 0. The van der Waals surface area contributed by atoms with Crippen molar-refractivity contribution in [3.63, 3.8) is 0 Å². The van der Waals surface area contributed by atoms with Crippen molar-refractivity contribution in [2.24, 2.45) is 0 Å². The summed E-state index contributed by atoms with van der Waals surface area (Å²) in [5.41, 5.74) is 0. The van der Waals surface area contributed by atoms with Crippen LogP contribution in [0.1, 0.15) is 59.8 Å². The standard InChI is InChI=1S/C9H18O3.C8H16O3/c1-3-5-7-11-8-9(10)12-6-4-2;1-3-5-6-10-7-8(9)11-4-2/h3-8H2,1-2H3;3-7H2,1-2H3. The Balaban J connectivity index is 0. The Hall–Kier alpha value is -1.14.